The first-order valence-corrected chi connectivity index (χ1v) is 14.0. The number of halogens is 1. The van der Waals surface area contributed by atoms with Crippen LogP contribution in [-0.4, -0.2) is 48.7 Å². The molecule has 0 spiro atoms. The maximum atomic E-state index is 14.6. The highest BCUT2D eigenvalue weighted by molar-refractivity contribution is 7.92. The molecular weight excluding hydrogens is 539 g/mol. The fraction of sp³-hybridized carbons (Fsp3) is 0.286. The molecular formula is C28H31FN4O6S. The summed E-state index contributed by atoms with van der Waals surface area (Å²) in [6.45, 7) is 4.04. The van der Waals surface area contributed by atoms with Gasteiger partial charge in [0.1, 0.15) is 18.4 Å². The van der Waals surface area contributed by atoms with Gasteiger partial charge in [-0.1, -0.05) is 49.4 Å². The summed E-state index contributed by atoms with van der Waals surface area (Å²) in [6.07, 6.45) is 0.635. The molecule has 10 nitrogen and oxygen atoms in total. The normalized spacial score (nSPS) is 12.7. The number of nitro benzene ring substituents is 1. The Morgan fingerprint density at radius 2 is 1.65 bits per heavy atom. The van der Waals surface area contributed by atoms with Crippen LogP contribution in [0.5, 0.6) is 0 Å². The van der Waals surface area contributed by atoms with E-state index in [9.17, 15) is 32.5 Å². The smallest absolute Gasteiger partial charge is 0.271 e. The maximum Gasteiger partial charge on any atom is 0.271 e. The second-order valence-electron chi connectivity index (χ2n) is 9.21. The number of hydrogen-bond donors (Lipinski definition) is 1. The van der Waals surface area contributed by atoms with Gasteiger partial charge in [0.05, 0.1) is 15.5 Å². The lowest BCUT2D eigenvalue weighted by Gasteiger charge is -2.32. The molecule has 3 aromatic rings. The molecule has 0 aliphatic carbocycles. The molecule has 12 heteroatoms. The van der Waals surface area contributed by atoms with Crippen molar-refractivity contribution in [3.63, 3.8) is 0 Å². The largest absolute Gasteiger partial charge is 0.352 e. The van der Waals surface area contributed by atoms with Gasteiger partial charge in [0, 0.05) is 30.3 Å². The Morgan fingerprint density at radius 1 is 1.00 bits per heavy atom. The van der Waals surface area contributed by atoms with Gasteiger partial charge in [0.25, 0.3) is 15.7 Å². The summed E-state index contributed by atoms with van der Waals surface area (Å²) in [4.78, 5) is 38.5. The molecule has 0 fully saturated rings. The fourth-order valence-corrected chi connectivity index (χ4v) is 5.30. The molecule has 0 heterocycles. The molecule has 0 unspecified atom stereocenters. The summed E-state index contributed by atoms with van der Waals surface area (Å²) < 4.78 is 42.8. The Labute approximate surface area is 232 Å². The molecule has 0 aliphatic rings. The number of non-ortho nitro benzene ring substituents is 1. The Bertz CT molecular complexity index is 1470. The third kappa shape index (κ3) is 7.20. The number of nitrogens with one attached hydrogen (secondary N) is 1. The van der Waals surface area contributed by atoms with E-state index in [0.29, 0.717) is 6.42 Å². The van der Waals surface area contributed by atoms with Gasteiger partial charge in [-0.05, 0) is 44.5 Å². The van der Waals surface area contributed by atoms with Crippen molar-refractivity contribution in [3.05, 3.63) is 100 Å². The van der Waals surface area contributed by atoms with Crippen LogP contribution in [0, 0.1) is 15.9 Å². The third-order valence-electron chi connectivity index (χ3n) is 6.41. The Balaban J connectivity index is 2.07. The second-order valence-corrected chi connectivity index (χ2v) is 11.1. The van der Waals surface area contributed by atoms with Gasteiger partial charge in [-0.25, -0.2) is 12.8 Å². The molecule has 0 saturated heterocycles. The van der Waals surface area contributed by atoms with Crippen molar-refractivity contribution >= 4 is 33.2 Å². The van der Waals surface area contributed by atoms with Crippen molar-refractivity contribution < 1.29 is 27.3 Å². The van der Waals surface area contributed by atoms with Crippen LogP contribution in [0.25, 0.3) is 0 Å². The highest BCUT2D eigenvalue weighted by Gasteiger charge is 2.33. The van der Waals surface area contributed by atoms with Crippen LogP contribution in [0.1, 0.15) is 32.8 Å². The van der Waals surface area contributed by atoms with Crippen molar-refractivity contribution in [1.29, 1.82) is 0 Å². The maximum absolute atomic E-state index is 14.6. The van der Waals surface area contributed by atoms with Crippen LogP contribution < -0.4 is 9.62 Å². The van der Waals surface area contributed by atoms with Crippen LogP contribution in [0.3, 0.4) is 0 Å². The Kier molecular flexibility index (Phi) is 9.94. The molecule has 3 rings (SSSR count). The van der Waals surface area contributed by atoms with Gasteiger partial charge in [0.15, 0.2) is 0 Å². The van der Waals surface area contributed by atoms with E-state index in [1.54, 1.807) is 19.1 Å². The molecule has 0 radical (unpaired) electrons. The molecule has 212 valence electrons. The van der Waals surface area contributed by atoms with Gasteiger partial charge in [0.2, 0.25) is 11.8 Å². The SMILES string of the molecule is CC[C@H](C)NC(=O)[C@@H](C)N(Cc1ccccc1F)C(=O)CN(c1cccc([N+](=O)[O-])c1)S(=O)(=O)c1ccccc1. The summed E-state index contributed by atoms with van der Waals surface area (Å²) in [7, 11) is -4.39. The number of carbonyl (C=O) groups excluding carboxylic acids is 2. The van der Waals surface area contributed by atoms with Crippen molar-refractivity contribution in [2.24, 2.45) is 0 Å². The molecule has 1 N–H and O–H groups in total. The standard InChI is InChI=1S/C28H31FN4O6S/c1-4-20(2)30-28(35)21(3)31(18-22-11-8-9-16-26(22)29)27(34)19-32(23-12-10-13-24(17-23)33(36)37)40(38,39)25-14-6-5-7-15-25/h5-17,20-21H,4,18-19H2,1-3H3,(H,30,35)/t20-,21+/m0/s1. The van der Waals surface area contributed by atoms with Gasteiger partial charge in [-0.3, -0.25) is 24.0 Å². The summed E-state index contributed by atoms with van der Waals surface area (Å²) in [6, 6.07) is 16.7. The molecule has 0 saturated carbocycles. The highest BCUT2D eigenvalue weighted by atomic mass is 32.2. The number of anilines is 1. The number of amides is 2. The Hall–Kier alpha value is -4.32. The zero-order valence-corrected chi connectivity index (χ0v) is 23.2. The lowest BCUT2D eigenvalue weighted by molar-refractivity contribution is -0.384. The molecule has 2 atom stereocenters. The topological polar surface area (TPSA) is 130 Å². The summed E-state index contributed by atoms with van der Waals surface area (Å²) in [5, 5.41) is 14.2. The first-order chi connectivity index (χ1) is 18.9. The van der Waals surface area contributed by atoms with E-state index in [0.717, 1.165) is 15.3 Å². The highest BCUT2D eigenvalue weighted by Crippen LogP contribution is 2.27. The summed E-state index contributed by atoms with van der Waals surface area (Å²) >= 11 is 0. The van der Waals surface area contributed by atoms with E-state index >= 15 is 0 Å². The first-order valence-electron chi connectivity index (χ1n) is 12.6. The number of carbonyl (C=O) groups is 2. The van der Waals surface area contributed by atoms with Crippen LogP contribution in [0.4, 0.5) is 15.8 Å². The molecule has 0 bridgehead atoms. The fourth-order valence-electron chi connectivity index (χ4n) is 3.87. The van der Waals surface area contributed by atoms with Crippen molar-refractivity contribution in [3.8, 4) is 0 Å². The quantitative estimate of drug-likeness (QED) is 0.256. The number of benzene rings is 3. The minimum atomic E-state index is -4.39. The Morgan fingerprint density at radius 3 is 2.27 bits per heavy atom. The molecule has 0 aliphatic heterocycles. The number of nitrogens with zero attached hydrogens (tertiary/aromatic N) is 3. The van der Waals surface area contributed by atoms with E-state index in [4.69, 9.17) is 0 Å². The molecule has 3 aromatic carbocycles. The van der Waals surface area contributed by atoms with Gasteiger partial charge in [-0.2, -0.15) is 0 Å². The van der Waals surface area contributed by atoms with E-state index in [-0.39, 0.29) is 34.4 Å². The van der Waals surface area contributed by atoms with E-state index in [2.05, 4.69) is 5.32 Å². The number of rotatable bonds is 12. The van der Waals surface area contributed by atoms with Gasteiger partial charge < -0.3 is 10.2 Å². The average molecular weight is 571 g/mol. The van der Waals surface area contributed by atoms with Crippen LogP contribution in [0.15, 0.2) is 83.8 Å². The lowest BCUT2D eigenvalue weighted by atomic mass is 10.1. The van der Waals surface area contributed by atoms with Gasteiger partial charge in [-0.15, -0.1) is 0 Å². The predicted molar refractivity (Wildman–Crippen MR) is 148 cm³/mol. The summed E-state index contributed by atoms with van der Waals surface area (Å²) in [5.74, 6) is -1.89. The van der Waals surface area contributed by atoms with Crippen molar-refractivity contribution in [1.82, 2.24) is 10.2 Å². The van der Waals surface area contributed by atoms with E-state index < -0.39 is 45.2 Å². The lowest BCUT2D eigenvalue weighted by Crippen LogP contribution is -2.52. The predicted octanol–water partition coefficient (Wildman–Crippen LogP) is 4.26. The van der Waals surface area contributed by atoms with Crippen molar-refractivity contribution in [2.75, 3.05) is 10.8 Å². The molecule has 40 heavy (non-hydrogen) atoms. The van der Waals surface area contributed by atoms with Crippen LogP contribution >= 0.6 is 0 Å². The minimum Gasteiger partial charge on any atom is -0.352 e. The third-order valence-corrected chi connectivity index (χ3v) is 8.19. The molecule has 0 aromatic heterocycles. The van der Waals surface area contributed by atoms with Gasteiger partial charge >= 0.3 is 0 Å². The zero-order valence-electron chi connectivity index (χ0n) is 22.4. The summed E-state index contributed by atoms with van der Waals surface area (Å²) in [5.41, 5.74) is -0.358. The zero-order chi connectivity index (χ0) is 29.4. The average Bonchev–Trinajstić information content (AvgIpc) is 2.95. The van der Waals surface area contributed by atoms with Crippen LogP contribution in [-0.2, 0) is 26.2 Å². The second kappa shape index (κ2) is 13.2. The number of hydrogen-bond acceptors (Lipinski definition) is 6. The van der Waals surface area contributed by atoms with Crippen molar-refractivity contribution in [2.45, 2.75) is 50.7 Å². The monoisotopic (exact) mass is 570 g/mol. The number of sulfonamides is 1. The van der Waals surface area contributed by atoms with Crippen LogP contribution in [0.2, 0.25) is 0 Å². The first kappa shape index (κ1) is 30.2. The number of nitro groups is 1. The van der Waals surface area contributed by atoms with E-state index in [1.165, 1.54) is 67.6 Å². The minimum absolute atomic E-state index is 0.117. The molecule has 2 amide bonds. The van der Waals surface area contributed by atoms with E-state index in [1.807, 2.05) is 6.92 Å².